The molecule has 3 aromatic rings. The number of fused-ring (bicyclic) bond motifs is 1. The molecule has 5 heteroatoms. The number of nitrogens with zero attached hydrogens (tertiary/aromatic N) is 1. The molecule has 0 bridgehead atoms. The maximum absolute atomic E-state index is 13.0. The number of nitrogens with one attached hydrogen (secondary N) is 1. The summed E-state index contributed by atoms with van der Waals surface area (Å²) in [5.41, 5.74) is 2.17. The third-order valence-corrected chi connectivity index (χ3v) is 5.80. The second-order valence-corrected chi connectivity index (χ2v) is 8.02. The average molecular weight is 405 g/mol. The number of aryl methyl sites for hydroxylation is 1. The number of hydrogen-bond acceptors (Lipinski definition) is 4. The zero-order valence-electron chi connectivity index (χ0n) is 17.4. The molecule has 1 N–H and O–H groups in total. The van der Waals surface area contributed by atoms with Gasteiger partial charge in [0, 0.05) is 24.0 Å². The van der Waals surface area contributed by atoms with Crippen molar-refractivity contribution in [3.63, 3.8) is 0 Å². The first kappa shape index (κ1) is 20.4. The lowest BCUT2D eigenvalue weighted by molar-refractivity contribution is 0.0918. The highest BCUT2D eigenvalue weighted by atomic mass is 16.4. The van der Waals surface area contributed by atoms with E-state index in [4.69, 9.17) is 4.42 Å². The second kappa shape index (κ2) is 9.26. The van der Waals surface area contributed by atoms with Crippen molar-refractivity contribution >= 4 is 16.7 Å². The molecule has 0 aliphatic carbocycles. The van der Waals surface area contributed by atoms with Crippen LogP contribution in [-0.2, 0) is 0 Å². The molecular formula is C25H28N2O3. The van der Waals surface area contributed by atoms with Crippen LogP contribution in [0.5, 0.6) is 0 Å². The Labute approximate surface area is 176 Å². The fourth-order valence-electron chi connectivity index (χ4n) is 4.13. The monoisotopic (exact) mass is 404 g/mol. The Morgan fingerprint density at radius 3 is 2.33 bits per heavy atom. The third-order valence-electron chi connectivity index (χ3n) is 5.80. The van der Waals surface area contributed by atoms with E-state index in [-0.39, 0.29) is 11.7 Å². The Bertz CT molecular complexity index is 1080. The summed E-state index contributed by atoms with van der Waals surface area (Å²) in [5.74, 6) is -0.262. The number of benzene rings is 2. The maximum atomic E-state index is 13.0. The molecule has 1 aliphatic rings. The molecule has 0 radical (unpaired) electrons. The Morgan fingerprint density at radius 1 is 0.967 bits per heavy atom. The van der Waals surface area contributed by atoms with Gasteiger partial charge >= 0.3 is 5.63 Å². The Hall–Kier alpha value is -2.92. The van der Waals surface area contributed by atoms with Gasteiger partial charge in [-0.25, -0.2) is 4.79 Å². The van der Waals surface area contributed by atoms with Gasteiger partial charge < -0.3 is 14.6 Å². The normalized spacial score (nSPS) is 15.1. The van der Waals surface area contributed by atoms with Crippen molar-refractivity contribution in [2.75, 3.05) is 26.2 Å². The predicted molar refractivity (Wildman–Crippen MR) is 120 cm³/mol. The molecule has 5 nitrogen and oxygen atoms in total. The second-order valence-electron chi connectivity index (χ2n) is 8.02. The van der Waals surface area contributed by atoms with E-state index >= 15 is 0 Å². The summed E-state index contributed by atoms with van der Waals surface area (Å²) in [6.45, 7) is 5.51. The number of hydrogen-bond donors (Lipinski definition) is 1. The largest absolute Gasteiger partial charge is 0.416 e. The third kappa shape index (κ3) is 4.46. The smallest absolute Gasteiger partial charge is 0.344 e. The summed E-state index contributed by atoms with van der Waals surface area (Å²) in [5, 5.41) is 4.18. The number of rotatable bonds is 5. The van der Waals surface area contributed by atoms with Crippen molar-refractivity contribution in [3.05, 3.63) is 70.3 Å². The first-order valence-corrected chi connectivity index (χ1v) is 10.8. The molecule has 0 spiro atoms. The number of carbonyl (C=O) groups is 1. The highest BCUT2D eigenvalue weighted by molar-refractivity contribution is 6.07. The van der Waals surface area contributed by atoms with Crippen LogP contribution in [-0.4, -0.2) is 37.0 Å². The maximum Gasteiger partial charge on any atom is 0.344 e. The minimum absolute atomic E-state index is 0.0819. The Morgan fingerprint density at radius 2 is 1.63 bits per heavy atom. The summed E-state index contributed by atoms with van der Waals surface area (Å²) in [4.78, 5) is 28.0. The van der Waals surface area contributed by atoms with Gasteiger partial charge in [-0.05, 0) is 44.5 Å². The topological polar surface area (TPSA) is 62.6 Å². The van der Waals surface area contributed by atoms with E-state index in [2.05, 4.69) is 10.2 Å². The van der Waals surface area contributed by atoms with Gasteiger partial charge in [0.05, 0.1) is 5.39 Å². The van der Waals surface area contributed by atoms with E-state index < -0.39 is 5.63 Å². The molecule has 156 valence electrons. The van der Waals surface area contributed by atoms with Gasteiger partial charge in [0.25, 0.3) is 5.91 Å². The van der Waals surface area contributed by atoms with Crippen LogP contribution in [0.25, 0.3) is 21.9 Å². The molecular weight excluding hydrogens is 376 g/mol. The highest BCUT2D eigenvalue weighted by Gasteiger charge is 2.21. The van der Waals surface area contributed by atoms with Crippen LogP contribution in [0.3, 0.4) is 0 Å². The van der Waals surface area contributed by atoms with Crippen LogP contribution < -0.4 is 10.9 Å². The van der Waals surface area contributed by atoms with Crippen LogP contribution in [0.4, 0.5) is 0 Å². The number of amides is 1. The predicted octanol–water partition coefficient (Wildman–Crippen LogP) is 4.37. The van der Waals surface area contributed by atoms with Gasteiger partial charge in [-0.1, -0.05) is 60.9 Å². The summed E-state index contributed by atoms with van der Waals surface area (Å²) >= 11 is 0. The first-order chi connectivity index (χ1) is 14.6. The van der Waals surface area contributed by atoms with Gasteiger partial charge in [-0.2, -0.15) is 0 Å². The Kier molecular flexibility index (Phi) is 6.29. The standard InChI is InChI=1S/C25H28N2O3/c1-18-10-12-19(13-11-18)22-20-8-4-5-9-21(20)25(29)30-23(22)24(28)26-14-17-27-15-6-2-3-7-16-27/h4-5,8-13H,2-3,6-7,14-17H2,1H3,(H,26,28). The van der Waals surface area contributed by atoms with Crippen molar-refractivity contribution in [1.82, 2.24) is 10.2 Å². The number of likely N-dealkylation sites (tertiary alicyclic amines) is 1. The van der Waals surface area contributed by atoms with E-state index in [9.17, 15) is 9.59 Å². The molecule has 0 atom stereocenters. The molecule has 0 saturated carbocycles. The fourth-order valence-corrected chi connectivity index (χ4v) is 4.13. The molecule has 1 aliphatic heterocycles. The molecule has 1 amide bonds. The lowest BCUT2D eigenvalue weighted by Gasteiger charge is -2.20. The van der Waals surface area contributed by atoms with Gasteiger partial charge in [-0.3, -0.25) is 4.79 Å². The molecule has 0 unspecified atom stereocenters. The minimum atomic E-state index is -0.487. The minimum Gasteiger partial charge on any atom is -0.416 e. The van der Waals surface area contributed by atoms with Crippen molar-refractivity contribution < 1.29 is 9.21 Å². The molecule has 1 fully saturated rings. The van der Waals surface area contributed by atoms with Crippen LogP contribution in [0.1, 0.15) is 41.8 Å². The van der Waals surface area contributed by atoms with Gasteiger partial charge in [0.1, 0.15) is 0 Å². The van der Waals surface area contributed by atoms with Gasteiger partial charge in [-0.15, -0.1) is 0 Å². The van der Waals surface area contributed by atoms with Crippen molar-refractivity contribution in [2.45, 2.75) is 32.6 Å². The molecule has 1 saturated heterocycles. The van der Waals surface area contributed by atoms with E-state index in [0.717, 1.165) is 36.1 Å². The van der Waals surface area contributed by atoms with Crippen molar-refractivity contribution in [1.29, 1.82) is 0 Å². The lowest BCUT2D eigenvalue weighted by atomic mass is 9.97. The summed E-state index contributed by atoms with van der Waals surface area (Å²) < 4.78 is 5.55. The SMILES string of the molecule is Cc1ccc(-c2c(C(=O)NCCN3CCCCCC3)oc(=O)c3ccccc23)cc1. The number of carbonyl (C=O) groups excluding carboxylic acids is 1. The van der Waals surface area contributed by atoms with Crippen LogP contribution in [0, 0.1) is 6.92 Å². The summed E-state index contributed by atoms with van der Waals surface area (Å²) in [7, 11) is 0. The summed E-state index contributed by atoms with van der Waals surface area (Å²) in [6, 6.07) is 15.2. The molecule has 2 heterocycles. The molecule has 1 aromatic heterocycles. The average Bonchev–Trinajstić information content (AvgIpc) is 3.03. The quantitative estimate of drug-likeness (QED) is 0.686. The zero-order valence-corrected chi connectivity index (χ0v) is 17.4. The lowest BCUT2D eigenvalue weighted by Crippen LogP contribution is -2.35. The fraction of sp³-hybridized carbons (Fsp3) is 0.360. The van der Waals surface area contributed by atoms with Gasteiger partial charge in [0.15, 0.2) is 0 Å². The van der Waals surface area contributed by atoms with Crippen LogP contribution in [0.15, 0.2) is 57.7 Å². The zero-order chi connectivity index (χ0) is 20.9. The first-order valence-electron chi connectivity index (χ1n) is 10.8. The Balaban J connectivity index is 1.64. The van der Waals surface area contributed by atoms with Crippen LogP contribution >= 0.6 is 0 Å². The summed E-state index contributed by atoms with van der Waals surface area (Å²) in [6.07, 6.45) is 4.99. The highest BCUT2D eigenvalue weighted by Crippen LogP contribution is 2.30. The van der Waals surface area contributed by atoms with Crippen LogP contribution in [0.2, 0.25) is 0 Å². The van der Waals surface area contributed by atoms with E-state index in [0.29, 0.717) is 17.5 Å². The molecule has 4 rings (SSSR count). The molecule has 2 aromatic carbocycles. The molecule has 30 heavy (non-hydrogen) atoms. The van der Waals surface area contributed by atoms with Gasteiger partial charge in [0.2, 0.25) is 5.76 Å². The van der Waals surface area contributed by atoms with E-state index in [1.165, 1.54) is 25.7 Å². The van der Waals surface area contributed by atoms with Crippen molar-refractivity contribution in [3.8, 4) is 11.1 Å². The van der Waals surface area contributed by atoms with Crippen molar-refractivity contribution in [2.24, 2.45) is 0 Å². The van der Waals surface area contributed by atoms with E-state index in [1.807, 2.05) is 43.3 Å². The van der Waals surface area contributed by atoms with E-state index in [1.54, 1.807) is 12.1 Å².